The zero-order chi connectivity index (χ0) is 17.5. The van der Waals surface area contributed by atoms with Gasteiger partial charge >= 0.3 is 0 Å². The number of nitrogens with one attached hydrogen (secondary N) is 2. The fourth-order valence-corrected chi connectivity index (χ4v) is 2.31. The first kappa shape index (κ1) is 18.4. The Morgan fingerprint density at radius 2 is 1.79 bits per heavy atom. The second kappa shape index (κ2) is 8.81. The minimum atomic E-state index is -0.224. The van der Waals surface area contributed by atoms with Gasteiger partial charge in [0.2, 0.25) is 5.91 Å². The van der Waals surface area contributed by atoms with Crippen LogP contribution in [0.1, 0.15) is 13.8 Å². The van der Waals surface area contributed by atoms with E-state index in [9.17, 15) is 4.79 Å². The van der Waals surface area contributed by atoms with Gasteiger partial charge in [-0.1, -0.05) is 55.2 Å². The monoisotopic (exact) mass is 366 g/mol. The van der Waals surface area contributed by atoms with Gasteiger partial charge < -0.3 is 15.4 Å². The third kappa shape index (κ3) is 5.32. The van der Waals surface area contributed by atoms with Crippen molar-refractivity contribution in [3.05, 3.63) is 52.5 Å². The van der Waals surface area contributed by atoms with Crippen molar-refractivity contribution in [2.24, 2.45) is 5.92 Å². The number of anilines is 2. The average Bonchev–Trinajstić information content (AvgIpc) is 2.56. The molecular weight excluding hydrogens is 347 g/mol. The Morgan fingerprint density at radius 3 is 2.54 bits per heavy atom. The topological polar surface area (TPSA) is 50.4 Å². The Hall–Kier alpha value is -1.91. The van der Waals surface area contributed by atoms with Gasteiger partial charge in [0.15, 0.2) is 0 Å². The lowest BCUT2D eigenvalue weighted by Crippen LogP contribution is -2.22. The van der Waals surface area contributed by atoms with E-state index < -0.39 is 0 Å². The molecule has 0 saturated heterocycles. The molecule has 0 aliphatic rings. The van der Waals surface area contributed by atoms with Gasteiger partial charge in [0.25, 0.3) is 0 Å². The van der Waals surface area contributed by atoms with E-state index in [0.717, 1.165) is 11.4 Å². The Morgan fingerprint density at radius 1 is 1.08 bits per heavy atom. The van der Waals surface area contributed by atoms with E-state index in [1.165, 1.54) is 0 Å². The summed E-state index contributed by atoms with van der Waals surface area (Å²) in [4.78, 5) is 12.1. The summed E-state index contributed by atoms with van der Waals surface area (Å²) in [5.41, 5.74) is 1.26. The lowest BCUT2D eigenvalue weighted by molar-refractivity contribution is -0.114. The third-order valence-electron chi connectivity index (χ3n) is 3.12. The molecule has 24 heavy (non-hydrogen) atoms. The summed E-state index contributed by atoms with van der Waals surface area (Å²) in [5.74, 6) is 0.920. The Labute approximate surface area is 152 Å². The van der Waals surface area contributed by atoms with Gasteiger partial charge in [0.05, 0.1) is 34.6 Å². The molecule has 0 aromatic heterocycles. The van der Waals surface area contributed by atoms with Gasteiger partial charge in [-0.15, -0.1) is 0 Å². The number of amides is 1. The standard InChI is InChI=1S/C18H20Cl2N2O2/c1-12(2)11-24-16-9-4-3-7-14(16)21-10-17(23)22-15-8-5-6-13(19)18(15)20/h3-9,12,21H,10-11H2,1-2H3,(H,22,23). The first-order valence-corrected chi connectivity index (χ1v) is 8.42. The molecule has 2 rings (SSSR count). The largest absolute Gasteiger partial charge is 0.491 e. The van der Waals surface area contributed by atoms with Crippen molar-refractivity contribution in [2.75, 3.05) is 23.8 Å². The highest BCUT2D eigenvalue weighted by Crippen LogP contribution is 2.29. The van der Waals surface area contributed by atoms with Crippen LogP contribution in [0.25, 0.3) is 0 Å². The quantitative estimate of drug-likeness (QED) is 0.718. The van der Waals surface area contributed by atoms with E-state index in [1.807, 2.05) is 24.3 Å². The summed E-state index contributed by atoms with van der Waals surface area (Å²) >= 11 is 12.0. The predicted molar refractivity (Wildman–Crippen MR) is 100 cm³/mol. The van der Waals surface area contributed by atoms with E-state index >= 15 is 0 Å². The molecule has 0 fully saturated rings. The number of benzene rings is 2. The van der Waals surface area contributed by atoms with E-state index in [2.05, 4.69) is 24.5 Å². The Balaban J connectivity index is 1.95. The predicted octanol–water partition coefficient (Wildman–Crippen LogP) is 5.08. The van der Waals surface area contributed by atoms with Crippen molar-refractivity contribution in [3.63, 3.8) is 0 Å². The van der Waals surface area contributed by atoms with Crippen LogP contribution in [0.4, 0.5) is 11.4 Å². The van der Waals surface area contributed by atoms with Gasteiger partial charge in [-0.3, -0.25) is 4.79 Å². The molecule has 0 saturated carbocycles. The van der Waals surface area contributed by atoms with Crippen LogP contribution in [0.15, 0.2) is 42.5 Å². The molecule has 2 aromatic rings. The third-order valence-corrected chi connectivity index (χ3v) is 3.94. The number of carbonyl (C=O) groups is 1. The molecule has 0 radical (unpaired) electrons. The molecule has 0 spiro atoms. The molecule has 0 aliphatic carbocycles. The second-order valence-electron chi connectivity index (χ2n) is 5.70. The normalized spacial score (nSPS) is 10.5. The first-order valence-electron chi connectivity index (χ1n) is 7.67. The number of para-hydroxylation sites is 2. The maximum atomic E-state index is 12.1. The summed E-state index contributed by atoms with van der Waals surface area (Å²) in [6.45, 7) is 4.87. The van der Waals surface area contributed by atoms with Crippen LogP contribution in [0.2, 0.25) is 10.0 Å². The molecule has 1 amide bonds. The Bertz CT molecular complexity index is 705. The maximum absolute atomic E-state index is 12.1. The van der Waals surface area contributed by atoms with Crippen LogP contribution in [-0.4, -0.2) is 19.1 Å². The molecule has 0 heterocycles. The zero-order valence-electron chi connectivity index (χ0n) is 13.6. The lowest BCUT2D eigenvalue weighted by Gasteiger charge is -2.14. The number of halogens is 2. The van der Waals surface area contributed by atoms with Crippen molar-refractivity contribution in [3.8, 4) is 5.75 Å². The number of rotatable bonds is 7. The van der Waals surface area contributed by atoms with E-state index in [0.29, 0.717) is 28.3 Å². The smallest absolute Gasteiger partial charge is 0.243 e. The summed E-state index contributed by atoms with van der Waals surface area (Å²) in [6, 6.07) is 12.6. The van der Waals surface area contributed by atoms with Crippen molar-refractivity contribution in [1.29, 1.82) is 0 Å². The van der Waals surface area contributed by atoms with E-state index in [-0.39, 0.29) is 12.5 Å². The fourth-order valence-electron chi connectivity index (χ4n) is 1.97. The van der Waals surface area contributed by atoms with Gasteiger partial charge in [-0.2, -0.15) is 0 Å². The van der Waals surface area contributed by atoms with Crippen LogP contribution < -0.4 is 15.4 Å². The first-order chi connectivity index (χ1) is 11.5. The SMILES string of the molecule is CC(C)COc1ccccc1NCC(=O)Nc1cccc(Cl)c1Cl. The van der Waals surface area contributed by atoms with Gasteiger partial charge in [-0.25, -0.2) is 0 Å². The molecular formula is C18H20Cl2N2O2. The number of ether oxygens (including phenoxy) is 1. The molecule has 0 bridgehead atoms. The molecule has 0 unspecified atom stereocenters. The van der Waals surface area contributed by atoms with Crippen LogP contribution in [0, 0.1) is 5.92 Å². The van der Waals surface area contributed by atoms with E-state index in [1.54, 1.807) is 18.2 Å². The van der Waals surface area contributed by atoms with Gasteiger partial charge in [0, 0.05) is 0 Å². The second-order valence-corrected chi connectivity index (χ2v) is 6.49. The minimum absolute atomic E-state index is 0.0882. The fraction of sp³-hybridized carbons (Fsp3) is 0.278. The number of hydrogen-bond donors (Lipinski definition) is 2. The van der Waals surface area contributed by atoms with Gasteiger partial charge in [0.1, 0.15) is 5.75 Å². The van der Waals surface area contributed by atoms with Crippen LogP contribution in [-0.2, 0) is 4.79 Å². The van der Waals surface area contributed by atoms with Gasteiger partial charge in [-0.05, 0) is 30.2 Å². The highest BCUT2D eigenvalue weighted by atomic mass is 35.5. The molecule has 6 heteroatoms. The van der Waals surface area contributed by atoms with Crippen LogP contribution in [0.5, 0.6) is 5.75 Å². The van der Waals surface area contributed by atoms with Crippen molar-refractivity contribution in [2.45, 2.75) is 13.8 Å². The highest BCUT2D eigenvalue weighted by molar-refractivity contribution is 6.44. The zero-order valence-corrected chi connectivity index (χ0v) is 15.1. The lowest BCUT2D eigenvalue weighted by atomic mass is 10.2. The van der Waals surface area contributed by atoms with E-state index in [4.69, 9.17) is 27.9 Å². The summed E-state index contributed by atoms with van der Waals surface area (Å²) < 4.78 is 5.75. The Kier molecular flexibility index (Phi) is 6.76. The average molecular weight is 367 g/mol. The molecule has 4 nitrogen and oxygen atoms in total. The summed E-state index contributed by atoms with van der Waals surface area (Å²) in [6.07, 6.45) is 0. The molecule has 128 valence electrons. The number of carbonyl (C=O) groups excluding carboxylic acids is 1. The van der Waals surface area contributed by atoms with Crippen molar-refractivity contribution >= 4 is 40.5 Å². The molecule has 2 aromatic carbocycles. The molecule has 0 atom stereocenters. The van der Waals surface area contributed by atoms with Crippen molar-refractivity contribution in [1.82, 2.24) is 0 Å². The maximum Gasteiger partial charge on any atom is 0.243 e. The summed E-state index contributed by atoms with van der Waals surface area (Å²) in [5, 5.41) is 6.54. The van der Waals surface area contributed by atoms with Crippen LogP contribution >= 0.6 is 23.2 Å². The molecule has 2 N–H and O–H groups in total. The highest BCUT2D eigenvalue weighted by Gasteiger charge is 2.10. The van der Waals surface area contributed by atoms with Crippen molar-refractivity contribution < 1.29 is 9.53 Å². The molecule has 0 aliphatic heterocycles. The minimum Gasteiger partial charge on any atom is -0.491 e. The number of hydrogen-bond acceptors (Lipinski definition) is 3. The summed E-state index contributed by atoms with van der Waals surface area (Å²) in [7, 11) is 0. The van der Waals surface area contributed by atoms with Crippen LogP contribution in [0.3, 0.4) is 0 Å².